The molecule has 13 heteroatoms. The minimum Gasteiger partial charge on any atom is -0.478 e. The van der Waals surface area contributed by atoms with Gasteiger partial charge in [0.15, 0.2) is 11.3 Å². The van der Waals surface area contributed by atoms with Gasteiger partial charge in [0.25, 0.3) is 0 Å². The van der Waals surface area contributed by atoms with Gasteiger partial charge >= 0.3 is 11.9 Å². The van der Waals surface area contributed by atoms with Crippen molar-refractivity contribution < 1.29 is 32.2 Å². The first-order valence-electron chi connectivity index (χ1n) is 9.55. The van der Waals surface area contributed by atoms with Gasteiger partial charge in [0.1, 0.15) is 11.5 Å². The van der Waals surface area contributed by atoms with Crippen LogP contribution in [0.4, 0.5) is 4.39 Å². The van der Waals surface area contributed by atoms with Crippen molar-refractivity contribution in [2.75, 3.05) is 7.05 Å². The SMILES string of the molecule is CNC(OC(=O)/C=C/C(=O)O)c1cc(S(=O)(=O)c2ccc(C)nc2)n(-c2cc(F)ccc2Cl)n1. The number of carbonyl (C=O) groups excluding carboxylic acids is 1. The van der Waals surface area contributed by atoms with Crippen molar-refractivity contribution in [2.45, 2.75) is 23.1 Å². The highest BCUT2D eigenvalue weighted by Crippen LogP contribution is 2.30. The Hall–Kier alpha value is -3.61. The highest BCUT2D eigenvalue weighted by molar-refractivity contribution is 7.91. The van der Waals surface area contributed by atoms with Gasteiger partial charge in [-0.05, 0) is 38.2 Å². The van der Waals surface area contributed by atoms with Gasteiger partial charge in [-0.3, -0.25) is 10.3 Å². The number of carbonyl (C=O) groups is 2. The molecule has 1 unspecified atom stereocenters. The van der Waals surface area contributed by atoms with Gasteiger partial charge in [-0.1, -0.05) is 11.6 Å². The number of hydrogen-bond donors (Lipinski definition) is 2. The minimum atomic E-state index is -4.24. The molecule has 3 rings (SSSR count). The molecule has 1 atom stereocenters. The predicted molar refractivity (Wildman–Crippen MR) is 118 cm³/mol. The van der Waals surface area contributed by atoms with Gasteiger partial charge in [-0.15, -0.1) is 0 Å². The number of halogens is 2. The molecule has 0 saturated carbocycles. The Morgan fingerprint density at radius 2 is 1.97 bits per heavy atom. The standard InChI is InChI=1S/C21H18ClFN4O6S/c1-12-3-5-14(11-25-12)34(31,32)18-10-16(21(24-2)33-20(30)8-7-19(28)29)26-27(18)17-9-13(23)4-6-15(17)22/h3-11,21,24H,1-2H3,(H,28,29)/b8-7+. The van der Waals surface area contributed by atoms with Crippen molar-refractivity contribution in [2.24, 2.45) is 0 Å². The lowest BCUT2D eigenvalue weighted by molar-refractivity contribution is -0.145. The molecule has 0 aliphatic rings. The second-order valence-electron chi connectivity index (χ2n) is 6.83. The zero-order valence-corrected chi connectivity index (χ0v) is 19.3. The fourth-order valence-electron chi connectivity index (χ4n) is 2.82. The van der Waals surface area contributed by atoms with Gasteiger partial charge in [0, 0.05) is 36.2 Å². The predicted octanol–water partition coefficient (Wildman–Crippen LogP) is 2.60. The summed E-state index contributed by atoms with van der Waals surface area (Å²) in [7, 11) is -2.83. The van der Waals surface area contributed by atoms with Crippen molar-refractivity contribution >= 4 is 33.4 Å². The van der Waals surface area contributed by atoms with Gasteiger partial charge in [-0.2, -0.15) is 5.10 Å². The Bertz CT molecular complexity index is 1370. The van der Waals surface area contributed by atoms with Crippen LogP contribution in [-0.4, -0.2) is 47.3 Å². The lowest BCUT2D eigenvalue weighted by atomic mass is 10.3. The third kappa shape index (κ3) is 5.47. The monoisotopic (exact) mass is 508 g/mol. The van der Waals surface area contributed by atoms with Crippen LogP contribution in [0, 0.1) is 12.7 Å². The quantitative estimate of drug-likeness (QED) is 0.267. The zero-order chi connectivity index (χ0) is 25.0. The highest BCUT2D eigenvalue weighted by Gasteiger charge is 2.29. The van der Waals surface area contributed by atoms with E-state index in [1.807, 2.05) is 0 Å². The first kappa shape index (κ1) is 25.0. The van der Waals surface area contributed by atoms with Crippen molar-refractivity contribution in [3.05, 3.63) is 77.0 Å². The second kappa shape index (κ2) is 10.1. The fraction of sp³-hybridized carbons (Fsp3) is 0.143. The Labute approximate surface area is 198 Å². The van der Waals surface area contributed by atoms with E-state index in [-0.39, 0.29) is 21.3 Å². The molecule has 1 aromatic carbocycles. The van der Waals surface area contributed by atoms with E-state index in [4.69, 9.17) is 21.4 Å². The molecule has 0 spiro atoms. The zero-order valence-electron chi connectivity index (χ0n) is 17.8. The van der Waals surface area contributed by atoms with Crippen LogP contribution >= 0.6 is 11.6 Å². The van der Waals surface area contributed by atoms with Crippen LogP contribution < -0.4 is 5.32 Å². The second-order valence-corrected chi connectivity index (χ2v) is 9.13. The number of pyridine rings is 1. The number of rotatable bonds is 8. The first-order chi connectivity index (χ1) is 16.0. The normalized spacial score (nSPS) is 12.6. The number of carboxylic acid groups (broad SMARTS) is 1. The number of nitrogens with one attached hydrogen (secondary N) is 1. The minimum absolute atomic E-state index is 0.0110. The molecular formula is C21H18ClFN4O6S. The van der Waals surface area contributed by atoms with E-state index >= 15 is 0 Å². The van der Waals surface area contributed by atoms with Crippen LogP contribution in [0.1, 0.15) is 17.6 Å². The van der Waals surface area contributed by atoms with E-state index in [0.717, 1.165) is 22.9 Å². The number of carboxylic acids is 1. The summed E-state index contributed by atoms with van der Waals surface area (Å²) >= 11 is 6.20. The maximum atomic E-state index is 14.0. The summed E-state index contributed by atoms with van der Waals surface area (Å²) in [6, 6.07) is 7.34. The average Bonchev–Trinajstić information content (AvgIpc) is 3.24. The van der Waals surface area contributed by atoms with Gasteiger partial charge < -0.3 is 9.84 Å². The lowest BCUT2D eigenvalue weighted by Gasteiger charge is -2.13. The van der Waals surface area contributed by atoms with Crippen LogP contribution in [0.25, 0.3) is 5.69 Å². The summed E-state index contributed by atoms with van der Waals surface area (Å²) in [5.41, 5.74) is 0.454. The van der Waals surface area contributed by atoms with Crippen molar-refractivity contribution in [3.63, 3.8) is 0 Å². The summed E-state index contributed by atoms with van der Waals surface area (Å²) in [5.74, 6) is -3.07. The average molecular weight is 509 g/mol. The maximum Gasteiger partial charge on any atom is 0.332 e. The molecule has 3 aromatic rings. The van der Waals surface area contributed by atoms with Crippen molar-refractivity contribution in [1.29, 1.82) is 0 Å². The number of hydrogen-bond acceptors (Lipinski definition) is 8. The number of ether oxygens (including phenoxy) is 1. The van der Waals surface area contributed by atoms with Gasteiger partial charge in [-0.25, -0.2) is 27.1 Å². The fourth-order valence-corrected chi connectivity index (χ4v) is 4.34. The molecule has 2 N–H and O–H groups in total. The maximum absolute atomic E-state index is 14.0. The molecule has 0 aliphatic carbocycles. The molecular weight excluding hydrogens is 491 g/mol. The largest absolute Gasteiger partial charge is 0.478 e. The summed E-state index contributed by atoms with van der Waals surface area (Å²) in [6.07, 6.45) is 1.16. The van der Waals surface area contributed by atoms with Crippen molar-refractivity contribution in [1.82, 2.24) is 20.1 Å². The molecule has 0 bridgehead atoms. The topological polar surface area (TPSA) is 140 Å². The summed E-state index contributed by atoms with van der Waals surface area (Å²) in [6.45, 7) is 1.69. The number of esters is 1. The number of aromatic nitrogens is 3. The summed E-state index contributed by atoms with van der Waals surface area (Å²) in [4.78, 5) is 26.4. The molecule has 0 radical (unpaired) electrons. The Kier molecular flexibility index (Phi) is 7.44. The van der Waals surface area contributed by atoms with Crippen LogP contribution in [0.2, 0.25) is 5.02 Å². The van der Waals surface area contributed by atoms with Crippen LogP contribution in [-0.2, 0) is 24.2 Å². The molecule has 34 heavy (non-hydrogen) atoms. The Balaban J connectivity index is 2.16. The first-order valence-corrected chi connectivity index (χ1v) is 11.4. The van der Waals surface area contributed by atoms with Crippen LogP contribution in [0.3, 0.4) is 0 Å². The third-order valence-electron chi connectivity index (χ3n) is 4.43. The molecule has 0 fully saturated rings. The smallest absolute Gasteiger partial charge is 0.332 e. The van der Waals surface area contributed by atoms with E-state index in [2.05, 4.69) is 15.4 Å². The van der Waals surface area contributed by atoms with Crippen molar-refractivity contribution in [3.8, 4) is 5.69 Å². The molecule has 178 valence electrons. The molecule has 0 aliphatic heterocycles. The Morgan fingerprint density at radius 1 is 1.24 bits per heavy atom. The van der Waals surface area contributed by atoms with E-state index in [1.54, 1.807) is 6.92 Å². The number of aryl methyl sites for hydroxylation is 1. The van der Waals surface area contributed by atoms with E-state index in [1.165, 1.54) is 31.4 Å². The molecule has 10 nitrogen and oxygen atoms in total. The van der Waals surface area contributed by atoms with Gasteiger partial charge in [0.2, 0.25) is 9.84 Å². The summed E-state index contributed by atoms with van der Waals surface area (Å²) < 4.78 is 46.9. The molecule has 2 aromatic heterocycles. The van der Waals surface area contributed by atoms with Gasteiger partial charge in [0.05, 0.1) is 15.6 Å². The number of benzene rings is 1. The van der Waals surface area contributed by atoms with E-state index in [9.17, 15) is 22.4 Å². The number of sulfone groups is 1. The van der Waals surface area contributed by atoms with E-state index in [0.29, 0.717) is 17.8 Å². The molecule has 0 amide bonds. The third-order valence-corrected chi connectivity index (χ3v) is 6.45. The summed E-state index contributed by atoms with van der Waals surface area (Å²) in [5, 5.41) is 15.1. The van der Waals surface area contributed by atoms with E-state index < -0.39 is 38.8 Å². The molecule has 0 saturated heterocycles. The van der Waals surface area contributed by atoms with Crippen LogP contribution in [0.15, 0.2) is 64.7 Å². The lowest BCUT2D eigenvalue weighted by Crippen LogP contribution is -2.23. The highest BCUT2D eigenvalue weighted by atomic mass is 35.5. The Morgan fingerprint density at radius 3 is 2.59 bits per heavy atom. The number of nitrogens with zero attached hydrogens (tertiary/aromatic N) is 3. The molecule has 2 heterocycles. The number of aliphatic carboxylic acids is 1. The van der Waals surface area contributed by atoms with Crippen LogP contribution in [0.5, 0.6) is 0 Å².